The van der Waals surface area contributed by atoms with Gasteiger partial charge in [-0.3, -0.25) is 4.90 Å². The van der Waals surface area contributed by atoms with Gasteiger partial charge in [0, 0.05) is 6.07 Å². The normalized spacial score (nSPS) is 25.9. The smallest absolute Gasteiger partial charge is 0.213 e. The van der Waals surface area contributed by atoms with E-state index in [0.717, 1.165) is 18.7 Å². The number of methoxy groups -OCH3 is 1. The van der Waals surface area contributed by atoms with Gasteiger partial charge in [0.1, 0.15) is 0 Å². The third kappa shape index (κ3) is 2.03. The number of hydrogen-bond acceptors (Lipinski definition) is 4. The summed E-state index contributed by atoms with van der Waals surface area (Å²) in [6, 6.07) is 6.24. The van der Waals surface area contributed by atoms with Gasteiger partial charge in [-0.15, -0.1) is 0 Å². The minimum absolute atomic E-state index is 0.333. The van der Waals surface area contributed by atoms with Crippen LogP contribution in [0.1, 0.15) is 18.2 Å². The lowest BCUT2D eigenvalue weighted by Gasteiger charge is -2.23. The van der Waals surface area contributed by atoms with E-state index >= 15 is 0 Å². The zero-order valence-corrected chi connectivity index (χ0v) is 9.89. The third-order valence-electron chi connectivity index (χ3n) is 3.33. The molecule has 4 heteroatoms. The number of nitrogens with two attached hydrogens (primary N) is 1. The van der Waals surface area contributed by atoms with Crippen molar-refractivity contribution in [2.24, 2.45) is 11.7 Å². The van der Waals surface area contributed by atoms with Crippen LogP contribution in [0.4, 0.5) is 0 Å². The Hall–Kier alpha value is -1.13. The van der Waals surface area contributed by atoms with Crippen molar-refractivity contribution in [3.05, 3.63) is 23.9 Å². The second-order valence-electron chi connectivity index (χ2n) is 4.31. The zero-order chi connectivity index (χ0) is 11.5. The topological polar surface area (TPSA) is 51.4 Å². The summed E-state index contributed by atoms with van der Waals surface area (Å²) in [6.07, 6.45) is 1.15. The molecule has 1 saturated heterocycles. The predicted molar refractivity (Wildman–Crippen MR) is 63.3 cm³/mol. The van der Waals surface area contributed by atoms with Crippen LogP contribution in [0, 0.1) is 5.92 Å². The zero-order valence-electron chi connectivity index (χ0n) is 9.89. The molecule has 0 radical (unpaired) electrons. The summed E-state index contributed by atoms with van der Waals surface area (Å²) in [5.74, 6) is 1.18. The lowest BCUT2D eigenvalue weighted by molar-refractivity contribution is 0.271. The SMILES string of the molecule is COc1cccc(C2C(CN)CCN2C)n1. The van der Waals surface area contributed by atoms with E-state index in [-0.39, 0.29) is 0 Å². The highest BCUT2D eigenvalue weighted by Gasteiger charge is 2.32. The first-order valence-electron chi connectivity index (χ1n) is 5.67. The maximum absolute atomic E-state index is 5.81. The Balaban J connectivity index is 2.27. The molecule has 1 aliphatic heterocycles. The Kier molecular flexibility index (Phi) is 3.41. The molecule has 1 fully saturated rings. The number of hydrogen-bond donors (Lipinski definition) is 1. The largest absolute Gasteiger partial charge is 0.481 e. The van der Waals surface area contributed by atoms with Gasteiger partial charge < -0.3 is 10.5 Å². The number of aromatic nitrogens is 1. The van der Waals surface area contributed by atoms with Crippen molar-refractivity contribution in [2.75, 3.05) is 27.2 Å². The molecule has 0 bridgehead atoms. The van der Waals surface area contributed by atoms with Crippen LogP contribution in [0.25, 0.3) is 0 Å². The van der Waals surface area contributed by atoms with Crippen molar-refractivity contribution in [2.45, 2.75) is 12.5 Å². The maximum atomic E-state index is 5.81. The van der Waals surface area contributed by atoms with Gasteiger partial charge in [-0.05, 0) is 38.5 Å². The third-order valence-corrected chi connectivity index (χ3v) is 3.33. The fourth-order valence-corrected chi connectivity index (χ4v) is 2.45. The van der Waals surface area contributed by atoms with Gasteiger partial charge in [0.15, 0.2) is 0 Å². The summed E-state index contributed by atoms with van der Waals surface area (Å²) in [6.45, 7) is 1.80. The molecule has 2 heterocycles. The van der Waals surface area contributed by atoms with Crippen molar-refractivity contribution in [3.63, 3.8) is 0 Å². The van der Waals surface area contributed by atoms with Crippen LogP contribution < -0.4 is 10.5 Å². The molecule has 0 aliphatic carbocycles. The second kappa shape index (κ2) is 4.80. The molecular formula is C12H19N3O. The molecular weight excluding hydrogens is 202 g/mol. The van der Waals surface area contributed by atoms with Gasteiger partial charge >= 0.3 is 0 Å². The Bertz CT molecular complexity index is 356. The first kappa shape index (κ1) is 11.4. The van der Waals surface area contributed by atoms with Crippen LogP contribution in [0.5, 0.6) is 5.88 Å². The average molecular weight is 221 g/mol. The van der Waals surface area contributed by atoms with Crippen molar-refractivity contribution in [3.8, 4) is 5.88 Å². The van der Waals surface area contributed by atoms with E-state index in [4.69, 9.17) is 10.5 Å². The number of likely N-dealkylation sites (tertiary alicyclic amines) is 1. The first-order valence-corrected chi connectivity index (χ1v) is 5.67. The number of pyridine rings is 1. The Morgan fingerprint density at radius 3 is 3.06 bits per heavy atom. The van der Waals surface area contributed by atoms with E-state index in [1.54, 1.807) is 7.11 Å². The molecule has 0 aromatic carbocycles. The summed E-state index contributed by atoms with van der Waals surface area (Å²) in [5, 5.41) is 0. The highest BCUT2D eigenvalue weighted by atomic mass is 16.5. The van der Waals surface area contributed by atoms with E-state index in [1.165, 1.54) is 0 Å². The van der Waals surface area contributed by atoms with Crippen LogP contribution in [-0.4, -0.2) is 37.1 Å². The standard InChI is InChI=1S/C12H19N3O/c1-15-7-6-9(8-13)12(15)10-4-3-5-11(14-10)16-2/h3-5,9,12H,6-8,13H2,1-2H3. The molecule has 1 aromatic rings. The van der Waals surface area contributed by atoms with Crippen LogP contribution in [-0.2, 0) is 0 Å². The molecule has 88 valence electrons. The van der Waals surface area contributed by atoms with Gasteiger partial charge in [0.05, 0.1) is 18.8 Å². The highest BCUT2D eigenvalue weighted by Crippen LogP contribution is 2.34. The molecule has 2 atom stereocenters. The Morgan fingerprint density at radius 1 is 1.56 bits per heavy atom. The van der Waals surface area contributed by atoms with Crippen LogP contribution in [0.2, 0.25) is 0 Å². The van der Waals surface area contributed by atoms with Gasteiger partial charge in [-0.1, -0.05) is 6.07 Å². The van der Waals surface area contributed by atoms with Crippen LogP contribution in [0.3, 0.4) is 0 Å². The summed E-state index contributed by atoms with van der Waals surface area (Å²) >= 11 is 0. The monoisotopic (exact) mass is 221 g/mol. The molecule has 2 rings (SSSR count). The average Bonchev–Trinajstić information content (AvgIpc) is 2.70. The molecule has 2 unspecified atom stereocenters. The molecule has 16 heavy (non-hydrogen) atoms. The lowest BCUT2D eigenvalue weighted by Crippen LogP contribution is -2.26. The molecule has 1 aliphatic rings. The fourth-order valence-electron chi connectivity index (χ4n) is 2.45. The van der Waals surface area contributed by atoms with Crippen molar-refractivity contribution in [1.29, 1.82) is 0 Å². The van der Waals surface area contributed by atoms with E-state index < -0.39 is 0 Å². The first-order chi connectivity index (χ1) is 7.76. The minimum atomic E-state index is 0.333. The lowest BCUT2D eigenvalue weighted by atomic mass is 9.97. The second-order valence-corrected chi connectivity index (χ2v) is 4.31. The minimum Gasteiger partial charge on any atom is -0.481 e. The van der Waals surface area contributed by atoms with Gasteiger partial charge in [-0.25, -0.2) is 4.98 Å². The van der Waals surface area contributed by atoms with E-state index in [0.29, 0.717) is 24.4 Å². The van der Waals surface area contributed by atoms with Gasteiger partial charge in [0.25, 0.3) is 0 Å². The quantitative estimate of drug-likeness (QED) is 0.828. The molecule has 1 aromatic heterocycles. The number of ether oxygens (including phenoxy) is 1. The molecule has 0 spiro atoms. The predicted octanol–water partition coefficient (Wildman–Crippen LogP) is 1.04. The Labute approximate surface area is 96.4 Å². The van der Waals surface area contributed by atoms with Crippen molar-refractivity contribution >= 4 is 0 Å². The molecule has 0 amide bonds. The Morgan fingerprint density at radius 2 is 2.38 bits per heavy atom. The van der Waals surface area contributed by atoms with Crippen molar-refractivity contribution in [1.82, 2.24) is 9.88 Å². The fraction of sp³-hybridized carbons (Fsp3) is 0.583. The van der Waals surface area contributed by atoms with E-state index in [2.05, 4.69) is 23.0 Å². The summed E-state index contributed by atoms with van der Waals surface area (Å²) in [7, 11) is 3.77. The number of rotatable bonds is 3. The van der Waals surface area contributed by atoms with Gasteiger partial charge in [-0.2, -0.15) is 0 Å². The van der Waals surface area contributed by atoms with Gasteiger partial charge in [0.2, 0.25) is 5.88 Å². The molecule has 2 N–H and O–H groups in total. The summed E-state index contributed by atoms with van der Waals surface area (Å²) < 4.78 is 5.16. The van der Waals surface area contributed by atoms with Crippen LogP contribution in [0.15, 0.2) is 18.2 Å². The highest BCUT2D eigenvalue weighted by molar-refractivity contribution is 5.19. The molecule has 0 saturated carbocycles. The molecule has 4 nitrogen and oxygen atoms in total. The number of nitrogens with zero attached hydrogens (tertiary/aromatic N) is 2. The summed E-state index contributed by atoms with van der Waals surface area (Å²) in [4.78, 5) is 6.82. The van der Waals surface area contributed by atoms with Crippen molar-refractivity contribution < 1.29 is 4.74 Å². The van der Waals surface area contributed by atoms with E-state index in [9.17, 15) is 0 Å². The maximum Gasteiger partial charge on any atom is 0.213 e. The van der Waals surface area contributed by atoms with Crippen LogP contribution >= 0.6 is 0 Å². The van der Waals surface area contributed by atoms with E-state index in [1.807, 2.05) is 12.1 Å². The summed E-state index contributed by atoms with van der Waals surface area (Å²) in [5.41, 5.74) is 6.87.